The van der Waals surface area contributed by atoms with Crippen LogP contribution in [0, 0.1) is 0 Å². The normalized spacial score (nSPS) is 12.0. The summed E-state index contributed by atoms with van der Waals surface area (Å²) in [6.45, 7) is -0.949. The monoisotopic (exact) mass is 138 g/mol. The first-order valence-corrected chi connectivity index (χ1v) is 2.68. The number of rotatable bonds is 3. The molecular formula is C4H10O3S. The second kappa shape index (κ2) is 3.29. The van der Waals surface area contributed by atoms with E-state index in [9.17, 15) is 0 Å². The van der Waals surface area contributed by atoms with Crippen molar-refractivity contribution in [3.63, 3.8) is 0 Å². The lowest BCUT2D eigenvalue weighted by molar-refractivity contribution is 0.121. The van der Waals surface area contributed by atoms with Crippen molar-refractivity contribution in [2.45, 2.75) is 4.75 Å². The summed E-state index contributed by atoms with van der Waals surface area (Å²) < 4.78 is -1.01. The maximum absolute atomic E-state index is 8.39. The second-order valence-corrected chi connectivity index (χ2v) is 2.65. The molecule has 0 aromatic heterocycles. The van der Waals surface area contributed by atoms with Crippen LogP contribution in [0.4, 0.5) is 0 Å². The molecule has 0 heterocycles. The standard InChI is InChI=1S/C4H10O3S/c5-1-4(8,2-6)3-7/h5-8H,1-3H2. The molecule has 0 aliphatic heterocycles. The van der Waals surface area contributed by atoms with E-state index in [0.29, 0.717) is 0 Å². The summed E-state index contributed by atoms with van der Waals surface area (Å²) >= 11 is 3.77. The maximum Gasteiger partial charge on any atom is 0.0820 e. The Morgan fingerprint density at radius 1 is 1.00 bits per heavy atom. The minimum Gasteiger partial charge on any atom is -0.395 e. The highest BCUT2D eigenvalue weighted by atomic mass is 32.1. The van der Waals surface area contributed by atoms with Crippen molar-refractivity contribution in [1.82, 2.24) is 0 Å². The van der Waals surface area contributed by atoms with Gasteiger partial charge in [0, 0.05) is 0 Å². The fourth-order valence-corrected chi connectivity index (χ4v) is 0.150. The fraction of sp³-hybridized carbons (Fsp3) is 1.00. The summed E-state index contributed by atoms with van der Waals surface area (Å²) in [5, 5.41) is 25.2. The summed E-state index contributed by atoms with van der Waals surface area (Å²) in [4.78, 5) is 0. The lowest BCUT2D eigenvalue weighted by atomic mass is 10.2. The smallest absolute Gasteiger partial charge is 0.0820 e. The largest absolute Gasteiger partial charge is 0.395 e. The molecule has 50 valence electrons. The molecule has 0 aliphatic carbocycles. The molecule has 0 amide bonds. The SMILES string of the molecule is OCC(S)(CO)CO. The van der Waals surface area contributed by atoms with Gasteiger partial charge >= 0.3 is 0 Å². The molecule has 0 aromatic carbocycles. The Morgan fingerprint density at radius 3 is 1.25 bits per heavy atom. The van der Waals surface area contributed by atoms with Crippen LogP contribution in [0.2, 0.25) is 0 Å². The first-order chi connectivity index (χ1) is 3.68. The highest BCUT2D eigenvalue weighted by molar-refractivity contribution is 7.81. The first kappa shape index (κ1) is 8.23. The Morgan fingerprint density at radius 2 is 1.25 bits per heavy atom. The zero-order chi connectivity index (χ0) is 6.62. The van der Waals surface area contributed by atoms with Gasteiger partial charge in [0.05, 0.1) is 24.6 Å². The van der Waals surface area contributed by atoms with Crippen molar-refractivity contribution >= 4 is 12.6 Å². The van der Waals surface area contributed by atoms with Crippen LogP contribution in [0.15, 0.2) is 0 Å². The second-order valence-electron chi connectivity index (χ2n) is 1.70. The molecular weight excluding hydrogens is 128 g/mol. The average molecular weight is 138 g/mol. The topological polar surface area (TPSA) is 60.7 Å². The Hall–Kier alpha value is 0.230. The maximum atomic E-state index is 8.39. The number of thiol groups is 1. The van der Waals surface area contributed by atoms with E-state index in [1.54, 1.807) is 0 Å². The molecule has 0 rings (SSSR count). The molecule has 0 aromatic rings. The van der Waals surface area contributed by atoms with Gasteiger partial charge in [-0.15, -0.1) is 0 Å². The van der Waals surface area contributed by atoms with Crippen LogP contribution >= 0.6 is 12.6 Å². The summed E-state index contributed by atoms with van der Waals surface area (Å²) in [6.07, 6.45) is 0. The summed E-state index contributed by atoms with van der Waals surface area (Å²) in [5.74, 6) is 0. The molecule has 0 atom stereocenters. The minimum absolute atomic E-state index is 0.316. The molecule has 3 nitrogen and oxygen atoms in total. The highest BCUT2D eigenvalue weighted by Gasteiger charge is 2.21. The molecule has 4 heteroatoms. The van der Waals surface area contributed by atoms with Crippen molar-refractivity contribution in [2.75, 3.05) is 19.8 Å². The fourth-order valence-electron chi connectivity index (χ4n) is 0.150. The lowest BCUT2D eigenvalue weighted by Gasteiger charge is -2.19. The van der Waals surface area contributed by atoms with Crippen molar-refractivity contribution in [2.24, 2.45) is 0 Å². The van der Waals surface area contributed by atoms with Crippen LogP contribution in [0.3, 0.4) is 0 Å². The van der Waals surface area contributed by atoms with Crippen LogP contribution in [0.25, 0.3) is 0 Å². The van der Waals surface area contributed by atoms with E-state index < -0.39 is 4.75 Å². The molecule has 0 aliphatic rings. The molecule has 8 heavy (non-hydrogen) atoms. The van der Waals surface area contributed by atoms with E-state index in [1.165, 1.54) is 0 Å². The number of aliphatic hydroxyl groups excluding tert-OH is 3. The summed E-state index contributed by atoms with van der Waals surface area (Å²) in [5.41, 5.74) is 0. The summed E-state index contributed by atoms with van der Waals surface area (Å²) in [6, 6.07) is 0. The van der Waals surface area contributed by atoms with Crippen LogP contribution in [0.5, 0.6) is 0 Å². The van der Waals surface area contributed by atoms with Gasteiger partial charge in [-0.2, -0.15) is 12.6 Å². The zero-order valence-electron chi connectivity index (χ0n) is 4.41. The zero-order valence-corrected chi connectivity index (χ0v) is 5.30. The predicted octanol–water partition coefficient (Wildman–Crippen LogP) is -1.37. The molecule has 0 spiro atoms. The molecule has 0 radical (unpaired) electrons. The van der Waals surface area contributed by atoms with Crippen molar-refractivity contribution < 1.29 is 15.3 Å². The molecule has 0 saturated carbocycles. The molecule has 3 N–H and O–H groups in total. The van der Waals surface area contributed by atoms with Gasteiger partial charge in [0.1, 0.15) is 0 Å². The van der Waals surface area contributed by atoms with E-state index >= 15 is 0 Å². The van der Waals surface area contributed by atoms with Crippen LogP contribution in [-0.2, 0) is 0 Å². The molecule has 0 saturated heterocycles. The Bertz CT molecular complexity index is 54.0. The highest BCUT2D eigenvalue weighted by Crippen LogP contribution is 2.09. The van der Waals surface area contributed by atoms with Crippen molar-refractivity contribution in [1.29, 1.82) is 0 Å². The lowest BCUT2D eigenvalue weighted by Crippen LogP contribution is -2.35. The van der Waals surface area contributed by atoms with E-state index in [4.69, 9.17) is 15.3 Å². The van der Waals surface area contributed by atoms with Gasteiger partial charge in [0.15, 0.2) is 0 Å². The molecule has 0 bridgehead atoms. The van der Waals surface area contributed by atoms with Crippen LogP contribution < -0.4 is 0 Å². The molecule has 0 unspecified atom stereocenters. The van der Waals surface area contributed by atoms with Crippen LogP contribution in [-0.4, -0.2) is 39.9 Å². The average Bonchev–Trinajstić information content (AvgIpc) is 1.87. The Balaban J connectivity index is 3.58. The number of hydrogen-bond donors (Lipinski definition) is 4. The predicted molar refractivity (Wildman–Crippen MR) is 33.0 cm³/mol. The van der Waals surface area contributed by atoms with Crippen molar-refractivity contribution in [3.8, 4) is 0 Å². The molecule has 0 fully saturated rings. The van der Waals surface area contributed by atoms with E-state index in [-0.39, 0.29) is 19.8 Å². The van der Waals surface area contributed by atoms with Crippen LogP contribution in [0.1, 0.15) is 0 Å². The quantitative estimate of drug-likeness (QED) is 0.364. The van der Waals surface area contributed by atoms with Gasteiger partial charge in [-0.05, 0) is 0 Å². The van der Waals surface area contributed by atoms with Gasteiger partial charge in [-0.1, -0.05) is 0 Å². The Kier molecular flexibility index (Phi) is 3.39. The van der Waals surface area contributed by atoms with Gasteiger partial charge < -0.3 is 15.3 Å². The number of aliphatic hydroxyl groups is 3. The third-order valence-electron chi connectivity index (χ3n) is 0.883. The van der Waals surface area contributed by atoms with E-state index in [1.807, 2.05) is 0 Å². The summed E-state index contributed by atoms with van der Waals surface area (Å²) in [7, 11) is 0. The third kappa shape index (κ3) is 2.00. The first-order valence-electron chi connectivity index (χ1n) is 2.23. The van der Waals surface area contributed by atoms with E-state index in [0.717, 1.165) is 0 Å². The Labute approximate surface area is 53.4 Å². The van der Waals surface area contributed by atoms with Gasteiger partial charge in [-0.3, -0.25) is 0 Å². The minimum atomic E-state index is -1.01. The third-order valence-corrected chi connectivity index (χ3v) is 1.31. The van der Waals surface area contributed by atoms with Gasteiger partial charge in [0.2, 0.25) is 0 Å². The van der Waals surface area contributed by atoms with Gasteiger partial charge in [0.25, 0.3) is 0 Å². The number of hydrogen-bond acceptors (Lipinski definition) is 4. The van der Waals surface area contributed by atoms with E-state index in [2.05, 4.69) is 12.6 Å². The van der Waals surface area contributed by atoms with Crippen molar-refractivity contribution in [3.05, 3.63) is 0 Å². The van der Waals surface area contributed by atoms with Gasteiger partial charge in [-0.25, -0.2) is 0 Å².